The summed E-state index contributed by atoms with van der Waals surface area (Å²) in [6, 6.07) is 7.67. The van der Waals surface area contributed by atoms with Crippen molar-refractivity contribution in [2.45, 2.75) is 61.2 Å². The number of rotatable bonds is 7. The maximum atomic E-state index is 12.1. The zero-order valence-electron chi connectivity index (χ0n) is 14.5. The lowest BCUT2D eigenvalue weighted by atomic mass is 9.98. The molecule has 2 amide bonds. The van der Waals surface area contributed by atoms with E-state index in [-0.39, 0.29) is 23.5 Å². The van der Waals surface area contributed by atoms with Gasteiger partial charge in [-0.25, -0.2) is 0 Å². The largest absolute Gasteiger partial charge is 0.378 e. The lowest BCUT2D eigenvalue weighted by molar-refractivity contribution is -0.124. The standard InChI is InChI=1S/C19H26N2O3S/c22-18(20-11-6-12-24-14-7-2-1-3-8-14)13-17-19(23)21-15-9-4-5-10-16(15)25-17/h4-5,9-10,14,17H,1-3,6-8,11-13H2,(H,20,22)(H,21,23)/t17-/m0/s1. The molecule has 1 fully saturated rings. The molecule has 1 saturated carbocycles. The summed E-state index contributed by atoms with van der Waals surface area (Å²) in [4.78, 5) is 25.2. The van der Waals surface area contributed by atoms with E-state index in [0.29, 0.717) is 19.3 Å². The van der Waals surface area contributed by atoms with Crippen LogP contribution >= 0.6 is 11.8 Å². The first kappa shape index (κ1) is 18.3. The van der Waals surface area contributed by atoms with Crippen molar-refractivity contribution in [3.8, 4) is 0 Å². The van der Waals surface area contributed by atoms with Crippen LogP contribution in [0.2, 0.25) is 0 Å². The Bertz CT molecular complexity index is 602. The summed E-state index contributed by atoms with van der Waals surface area (Å²) in [6.07, 6.45) is 7.63. The van der Waals surface area contributed by atoms with Gasteiger partial charge < -0.3 is 15.4 Å². The second-order valence-corrected chi connectivity index (χ2v) is 7.87. The van der Waals surface area contributed by atoms with E-state index >= 15 is 0 Å². The first-order chi connectivity index (χ1) is 12.2. The molecule has 1 aromatic rings. The van der Waals surface area contributed by atoms with E-state index < -0.39 is 0 Å². The van der Waals surface area contributed by atoms with E-state index in [0.717, 1.165) is 17.0 Å². The van der Waals surface area contributed by atoms with Gasteiger partial charge in [0.15, 0.2) is 0 Å². The lowest BCUT2D eigenvalue weighted by Gasteiger charge is -2.23. The highest BCUT2D eigenvalue weighted by Crippen LogP contribution is 2.36. The molecule has 0 spiro atoms. The van der Waals surface area contributed by atoms with Gasteiger partial charge in [-0.3, -0.25) is 9.59 Å². The van der Waals surface area contributed by atoms with E-state index in [1.54, 1.807) is 0 Å². The number of para-hydroxylation sites is 1. The Hall–Kier alpha value is -1.53. The van der Waals surface area contributed by atoms with Crippen molar-refractivity contribution in [3.05, 3.63) is 24.3 Å². The van der Waals surface area contributed by atoms with Crippen molar-refractivity contribution in [2.24, 2.45) is 0 Å². The van der Waals surface area contributed by atoms with Gasteiger partial charge in [0.05, 0.1) is 17.0 Å². The van der Waals surface area contributed by atoms with Crippen LogP contribution < -0.4 is 10.6 Å². The molecule has 1 heterocycles. The fraction of sp³-hybridized carbons (Fsp3) is 0.579. The van der Waals surface area contributed by atoms with Crippen LogP contribution in [-0.4, -0.2) is 36.3 Å². The molecule has 0 bridgehead atoms. The van der Waals surface area contributed by atoms with Crippen molar-refractivity contribution in [1.29, 1.82) is 0 Å². The number of hydrogen-bond donors (Lipinski definition) is 2. The van der Waals surface area contributed by atoms with E-state index in [9.17, 15) is 9.59 Å². The molecule has 2 aliphatic rings. The van der Waals surface area contributed by atoms with Crippen LogP contribution in [0.15, 0.2) is 29.2 Å². The average Bonchev–Trinajstić information content (AvgIpc) is 2.63. The Morgan fingerprint density at radius 2 is 2.04 bits per heavy atom. The third-order valence-corrected chi connectivity index (χ3v) is 5.90. The van der Waals surface area contributed by atoms with Gasteiger partial charge in [-0.2, -0.15) is 0 Å². The van der Waals surface area contributed by atoms with Gasteiger partial charge in [-0.15, -0.1) is 11.8 Å². The van der Waals surface area contributed by atoms with Gasteiger partial charge in [0.2, 0.25) is 11.8 Å². The number of carbonyl (C=O) groups excluding carboxylic acids is 2. The third-order valence-electron chi connectivity index (χ3n) is 4.63. The second kappa shape index (κ2) is 9.25. The molecule has 3 rings (SSSR count). The summed E-state index contributed by atoms with van der Waals surface area (Å²) < 4.78 is 5.85. The molecule has 136 valence electrons. The van der Waals surface area contributed by atoms with Crippen molar-refractivity contribution in [3.63, 3.8) is 0 Å². The molecule has 1 atom stereocenters. The summed E-state index contributed by atoms with van der Waals surface area (Å²) >= 11 is 1.46. The Labute approximate surface area is 153 Å². The number of amides is 2. The van der Waals surface area contributed by atoms with Crippen LogP contribution in [0.4, 0.5) is 5.69 Å². The number of benzene rings is 1. The molecular formula is C19H26N2O3S. The molecule has 0 aromatic heterocycles. The van der Waals surface area contributed by atoms with Crippen molar-refractivity contribution in [2.75, 3.05) is 18.5 Å². The van der Waals surface area contributed by atoms with E-state index in [1.807, 2.05) is 24.3 Å². The van der Waals surface area contributed by atoms with Crippen LogP contribution in [-0.2, 0) is 14.3 Å². The molecule has 0 unspecified atom stereocenters. The van der Waals surface area contributed by atoms with Crippen LogP contribution in [0.5, 0.6) is 0 Å². The Morgan fingerprint density at radius 1 is 1.24 bits per heavy atom. The number of ether oxygens (including phenoxy) is 1. The van der Waals surface area contributed by atoms with Crippen LogP contribution in [0.3, 0.4) is 0 Å². The zero-order valence-corrected chi connectivity index (χ0v) is 15.3. The predicted octanol–water partition coefficient (Wildman–Crippen LogP) is 3.35. The van der Waals surface area contributed by atoms with Gasteiger partial charge in [-0.05, 0) is 31.4 Å². The minimum atomic E-state index is -0.367. The van der Waals surface area contributed by atoms with Gasteiger partial charge in [0.1, 0.15) is 0 Å². The van der Waals surface area contributed by atoms with Crippen LogP contribution in [0.1, 0.15) is 44.9 Å². The number of thioether (sulfide) groups is 1. The molecule has 0 radical (unpaired) electrons. The quantitative estimate of drug-likeness (QED) is 0.730. The molecule has 1 aliphatic heterocycles. The fourth-order valence-corrected chi connectivity index (χ4v) is 4.36. The average molecular weight is 362 g/mol. The van der Waals surface area contributed by atoms with Gasteiger partial charge in [-0.1, -0.05) is 31.4 Å². The normalized spacial score (nSPS) is 20.6. The molecule has 25 heavy (non-hydrogen) atoms. The number of anilines is 1. The molecule has 1 aliphatic carbocycles. The summed E-state index contributed by atoms with van der Waals surface area (Å²) in [5, 5.41) is 5.40. The number of fused-ring (bicyclic) bond motifs is 1. The monoisotopic (exact) mass is 362 g/mol. The molecular weight excluding hydrogens is 336 g/mol. The Balaban J connectivity index is 1.33. The Kier molecular flexibility index (Phi) is 6.76. The van der Waals surface area contributed by atoms with Crippen molar-refractivity contribution in [1.82, 2.24) is 5.32 Å². The third kappa shape index (κ3) is 5.47. The number of carbonyl (C=O) groups is 2. The van der Waals surface area contributed by atoms with Crippen molar-refractivity contribution < 1.29 is 14.3 Å². The van der Waals surface area contributed by atoms with Crippen LogP contribution in [0, 0.1) is 0 Å². The summed E-state index contributed by atoms with van der Waals surface area (Å²) in [7, 11) is 0. The maximum Gasteiger partial charge on any atom is 0.238 e. The van der Waals surface area contributed by atoms with Gasteiger partial charge in [0.25, 0.3) is 0 Å². The smallest absolute Gasteiger partial charge is 0.238 e. The molecule has 1 aromatic carbocycles. The number of nitrogens with one attached hydrogen (secondary N) is 2. The lowest BCUT2D eigenvalue weighted by Crippen LogP contribution is -2.35. The number of hydrogen-bond acceptors (Lipinski definition) is 4. The minimum Gasteiger partial charge on any atom is -0.378 e. The summed E-state index contributed by atoms with van der Waals surface area (Å²) in [5.41, 5.74) is 0.828. The summed E-state index contributed by atoms with van der Waals surface area (Å²) in [5.74, 6) is -0.177. The van der Waals surface area contributed by atoms with E-state index in [1.165, 1.54) is 43.9 Å². The molecule has 0 saturated heterocycles. The minimum absolute atomic E-state index is 0.0790. The van der Waals surface area contributed by atoms with Crippen LogP contribution in [0.25, 0.3) is 0 Å². The molecule has 2 N–H and O–H groups in total. The zero-order chi connectivity index (χ0) is 17.5. The topological polar surface area (TPSA) is 67.4 Å². The van der Waals surface area contributed by atoms with Crippen molar-refractivity contribution >= 4 is 29.3 Å². The van der Waals surface area contributed by atoms with E-state index in [2.05, 4.69) is 10.6 Å². The SMILES string of the molecule is O=C(C[C@@H]1Sc2ccccc2NC1=O)NCCCOC1CCCCC1. The Morgan fingerprint density at radius 3 is 2.88 bits per heavy atom. The maximum absolute atomic E-state index is 12.1. The van der Waals surface area contributed by atoms with Gasteiger partial charge in [0, 0.05) is 24.5 Å². The predicted molar refractivity (Wildman–Crippen MR) is 99.8 cm³/mol. The highest BCUT2D eigenvalue weighted by molar-refractivity contribution is 8.01. The highest BCUT2D eigenvalue weighted by atomic mass is 32.2. The fourth-order valence-electron chi connectivity index (χ4n) is 3.25. The molecule has 6 heteroatoms. The first-order valence-corrected chi connectivity index (χ1v) is 10.0. The first-order valence-electron chi connectivity index (χ1n) is 9.17. The van der Waals surface area contributed by atoms with E-state index in [4.69, 9.17) is 4.74 Å². The summed E-state index contributed by atoms with van der Waals surface area (Å²) in [6.45, 7) is 1.29. The molecule has 5 nitrogen and oxygen atoms in total. The second-order valence-electron chi connectivity index (χ2n) is 6.63. The highest BCUT2D eigenvalue weighted by Gasteiger charge is 2.28. The van der Waals surface area contributed by atoms with Gasteiger partial charge >= 0.3 is 0 Å².